The van der Waals surface area contributed by atoms with E-state index in [1.165, 1.54) is 12.4 Å². The van der Waals surface area contributed by atoms with Crippen LogP contribution in [0.15, 0.2) is 37.4 Å². The van der Waals surface area contributed by atoms with Gasteiger partial charge in [-0.15, -0.1) is 6.58 Å². The van der Waals surface area contributed by atoms with Gasteiger partial charge in [-0.05, 0) is 6.07 Å². The lowest BCUT2D eigenvalue weighted by Crippen LogP contribution is -2.41. The van der Waals surface area contributed by atoms with E-state index < -0.39 is 6.03 Å². The number of carbonyl (C=O) groups excluding carboxylic acids is 1. The summed E-state index contributed by atoms with van der Waals surface area (Å²) in [5.41, 5.74) is 4.74. The summed E-state index contributed by atoms with van der Waals surface area (Å²) in [7, 11) is 0. The first-order chi connectivity index (χ1) is 6.68. The van der Waals surface area contributed by atoms with Crippen molar-refractivity contribution >= 4 is 6.03 Å². The molecule has 0 saturated heterocycles. The number of nitrogens with zero attached hydrogens (tertiary/aromatic N) is 3. The number of rotatable bonds is 2. The van der Waals surface area contributed by atoms with Crippen LogP contribution in [0.4, 0.5) is 4.79 Å². The van der Waals surface area contributed by atoms with Crippen LogP contribution in [0.2, 0.25) is 0 Å². The third kappa shape index (κ3) is 6.74. The van der Waals surface area contributed by atoms with Crippen molar-refractivity contribution in [2.75, 3.05) is 6.54 Å². The Bertz CT molecular complexity index is 237. The van der Waals surface area contributed by atoms with E-state index in [1.807, 2.05) is 0 Å². The van der Waals surface area contributed by atoms with Crippen molar-refractivity contribution in [3.8, 4) is 0 Å². The molecule has 76 valence electrons. The van der Waals surface area contributed by atoms with Crippen LogP contribution in [0.3, 0.4) is 0 Å². The first-order valence-electron chi connectivity index (χ1n) is 3.81. The minimum Gasteiger partial charge on any atom is -0.350 e. The highest BCUT2D eigenvalue weighted by Gasteiger charge is 1.97. The number of aromatic nitrogens is 2. The van der Waals surface area contributed by atoms with Gasteiger partial charge in [-0.3, -0.25) is 5.01 Å². The summed E-state index contributed by atoms with van der Waals surface area (Å²) in [6.07, 6.45) is 6.37. The Morgan fingerprint density at radius 1 is 1.50 bits per heavy atom. The van der Waals surface area contributed by atoms with E-state index >= 15 is 0 Å². The zero-order valence-electron chi connectivity index (χ0n) is 7.71. The van der Waals surface area contributed by atoms with Crippen molar-refractivity contribution < 1.29 is 4.79 Å². The van der Waals surface area contributed by atoms with Gasteiger partial charge in [0.25, 0.3) is 0 Å². The largest absolute Gasteiger partial charge is 0.350 e. The van der Waals surface area contributed by atoms with E-state index in [4.69, 9.17) is 11.6 Å². The summed E-state index contributed by atoms with van der Waals surface area (Å²) in [5, 5.41) is 0.868. The lowest BCUT2D eigenvalue weighted by atomic mass is 10.6. The van der Waals surface area contributed by atoms with Gasteiger partial charge in [-0.2, -0.15) is 0 Å². The normalized spacial score (nSPS) is 8.07. The Hall–Kier alpha value is -1.95. The molecule has 6 heteroatoms. The standard InChI is InChI=1S/C4H9N3O.C4H4N2/c1-2-3-7(6)4(5)8;1-2-5-4-6-3-1/h2H,1,3,6H2,(H2,5,8);1-4H. The molecule has 1 aromatic rings. The molecular weight excluding hydrogens is 182 g/mol. The molecule has 1 aromatic heterocycles. The van der Waals surface area contributed by atoms with Crippen LogP contribution < -0.4 is 11.6 Å². The molecule has 6 nitrogen and oxygen atoms in total. The van der Waals surface area contributed by atoms with Gasteiger partial charge in [0.1, 0.15) is 6.33 Å². The number of hydrogen-bond acceptors (Lipinski definition) is 4. The van der Waals surface area contributed by atoms with Crippen molar-refractivity contribution in [3.05, 3.63) is 37.4 Å². The summed E-state index contributed by atoms with van der Waals surface area (Å²) in [4.78, 5) is 17.4. The molecule has 0 spiro atoms. The van der Waals surface area contributed by atoms with E-state index in [0.29, 0.717) is 0 Å². The quantitative estimate of drug-likeness (QED) is 0.298. The maximum atomic E-state index is 10.1. The lowest BCUT2D eigenvalue weighted by Gasteiger charge is -2.08. The van der Waals surface area contributed by atoms with Gasteiger partial charge < -0.3 is 5.73 Å². The van der Waals surface area contributed by atoms with Gasteiger partial charge >= 0.3 is 6.03 Å². The molecule has 2 amide bonds. The lowest BCUT2D eigenvalue weighted by molar-refractivity contribution is 0.214. The number of urea groups is 1. The number of carbonyl (C=O) groups is 1. The van der Waals surface area contributed by atoms with E-state index in [1.54, 1.807) is 18.5 Å². The molecule has 0 saturated carbocycles. The van der Waals surface area contributed by atoms with Crippen LogP contribution >= 0.6 is 0 Å². The Morgan fingerprint density at radius 3 is 2.21 bits per heavy atom. The van der Waals surface area contributed by atoms with Crippen molar-refractivity contribution in [1.82, 2.24) is 15.0 Å². The van der Waals surface area contributed by atoms with E-state index in [9.17, 15) is 4.79 Å². The van der Waals surface area contributed by atoms with Gasteiger partial charge in [-0.25, -0.2) is 20.6 Å². The number of amides is 2. The van der Waals surface area contributed by atoms with Gasteiger partial charge in [0.15, 0.2) is 0 Å². The van der Waals surface area contributed by atoms with E-state index in [-0.39, 0.29) is 6.54 Å². The molecular formula is C8H13N5O. The summed E-state index contributed by atoms with van der Waals surface area (Å²) in [6.45, 7) is 3.64. The Balaban J connectivity index is 0.000000249. The molecule has 1 rings (SSSR count). The van der Waals surface area contributed by atoms with E-state index in [0.717, 1.165) is 5.01 Å². The summed E-state index contributed by atoms with van der Waals surface area (Å²) in [6, 6.07) is 1.13. The minimum atomic E-state index is -0.648. The molecule has 0 atom stereocenters. The Kier molecular flexibility index (Phi) is 6.62. The number of hydrogen-bond donors (Lipinski definition) is 2. The first kappa shape index (κ1) is 12.0. The highest BCUT2D eigenvalue weighted by Crippen LogP contribution is 1.73. The average molecular weight is 195 g/mol. The van der Waals surface area contributed by atoms with Crippen LogP contribution in [-0.2, 0) is 0 Å². The number of nitrogens with two attached hydrogens (primary N) is 2. The number of hydrazine groups is 1. The zero-order valence-corrected chi connectivity index (χ0v) is 7.71. The molecule has 0 aliphatic rings. The summed E-state index contributed by atoms with van der Waals surface area (Å²) < 4.78 is 0. The third-order valence-electron chi connectivity index (χ3n) is 1.09. The van der Waals surface area contributed by atoms with Gasteiger partial charge in [-0.1, -0.05) is 6.08 Å². The molecule has 4 N–H and O–H groups in total. The third-order valence-corrected chi connectivity index (χ3v) is 1.09. The second kappa shape index (κ2) is 7.69. The fourth-order valence-electron chi connectivity index (χ4n) is 0.482. The molecule has 0 radical (unpaired) electrons. The summed E-state index contributed by atoms with van der Waals surface area (Å²) in [5.74, 6) is 5.01. The van der Waals surface area contributed by atoms with Gasteiger partial charge in [0.2, 0.25) is 0 Å². The predicted octanol–water partition coefficient (Wildman–Crippen LogP) is -0.0966. The SMILES string of the molecule is C=CCN(N)C(N)=O.c1cncnc1. The molecule has 0 aliphatic heterocycles. The van der Waals surface area contributed by atoms with Crippen LogP contribution in [0.1, 0.15) is 0 Å². The Labute approximate surface area is 82.2 Å². The molecule has 0 aliphatic carbocycles. The summed E-state index contributed by atoms with van der Waals surface area (Å²) >= 11 is 0. The zero-order chi connectivity index (χ0) is 10.8. The van der Waals surface area contributed by atoms with Crippen molar-refractivity contribution in [2.45, 2.75) is 0 Å². The maximum absolute atomic E-state index is 10.1. The molecule has 0 unspecified atom stereocenters. The highest BCUT2D eigenvalue weighted by atomic mass is 16.2. The first-order valence-corrected chi connectivity index (χ1v) is 3.81. The molecule has 14 heavy (non-hydrogen) atoms. The Morgan fingerprint density at radius 2 is 2.07 bits per heavy atom. The monoisotopic (exact) mass is 195 g/mol. The van der Waals surface area contributed by atoms with Crippen LogP contribution in [0.5, 0.6) is 0 Å². The fourth-order valence-corrected chi connectivity index (χ4v) is 0.482. The molecule has 0 bridgehead atoms. The predicted molar refractivity (Wildman–Crippen MR) is 52.7 cm³/mol. The average Bonchev–Trinajstić information content (AvgIpc) is 2.21. The van der Waals surface area contributed by atoms with Crippen molar-refractivity contribution in [1.29, 1.82) is 0 Å². The van der Waals surface area contributed by atoms with Crippen LogP contribution in [0.25, 0.3) is 0 Å². The molecule has 0 aromatic carbocycles. The fraction of sp³-hybridized carbons (Fsp3) is 0.125. The van der Waals surface area contributed by atoms with Gasteiger partial charge in [0, 0.05) is 12.4 Å². The van der Waals surface area contributed by atoms with Crippen LogP contribution in [0, 0.1) is 0 Å². The number of primary amides is 1. The van der Waals surface area contributed by atoms with Crippen LogP contribution in [-0.4, -0.2) is 27.6 Å². The highest BCUT2D eigenvalue weighted by molar-refractivity contribution is 5.71. The second-order valence-corrected chi connectivity index (χ2v) is 2.18. The maximum Gasteiger partial charge on any atom is 0.329 e. The van der Waals surface area contributed by atoms with Crippen molar-refractivity contribution in [2.24, 2.45) is 11.6 Å². The van der Waals surface area contributed by atoms with Crippen molar-refractivity contribution in [3.63, 3.8) is 0 Å². The van der Waals surface area contributed by atoms with E-state index in [2.05, 4.69) is 16.5 Å². The minimum absolute atomic E-state index is 0.287. The smallest absolute Gasteiger partial charge is 0.329 e. The molecule has 0 fully saturated rings. The molecule has 1 heterocycles. The van der Waals surface area contributed by atoms with Gasteiger partial charge in [0.05, 0.1) is 6.54 Å². The second-order valence-electron chi connectivity index (χ2n) is 2.18. The topological polar surface area (TPSA) is 98.1 Å².